The van der Waals surface area contributed by atoms with E-state index in [2.05, 4.69) is 10.3 Å². The van der Waals surface area contributed by atoms with Crippen molar-refractivity contribution in [3.8, 4) is 0 Å². The normalized spacial score (nSPS) is 20.4. The van der Waals surface area contributed by atoms with E-state index in [0.717, 1.165) is 30.8 Å². The maximum atomic E-state index is 12.4. The number of ether oxygens (including phenoxy) is 1. The molecule has 0 spiro atoms. The van der Waals surface area contributed by atoms with Gasteiger partial charge >= 0.3 is 0 Å². The zero-order valence-corrected chi connectivity index (χ0v) is 14.6. The summed E-state index contributed by atoms with van der Waals surface area (Å²) in [5.41, 5.74) is 0.710. The Labute approximate surface area is 146 Å². The summed E-state index contributed by atoms with van der Waals surface area (Å²) in [6.45, 7) is 5.36. The maximum absolute atomic E-state index is 12.4. The largest absolute Gasteiger partial charge is 0.368 e. The van der Waals surface area contributed by atoms with Crippen molar-refractivity contribution in [2.45, 2.75) is 51.9 Å². The van der Waals surface area contributed by atoms with Crippen molar-refractivity contribution in [3.05, 3.63) is 52.5 Å². The molecule has 1 fully saturated rings. The molecule has 0 unspecified atom stereocenters. The second kappa shape index (κ2) is 7.65. The summed E-state index contributed by atoms with van der Waals surface area (Å²) in [7, 11) is 0. The Balaban J connectivity index is 1.71. The lowest BCUT2D eigenvalue weighted by Crippen LogP contribution is -2.45. The Morgan fingerprint density at radius 1 is 1.40 bits per heavy atom. The van der Waals surface area contributed by atoms with Crippen molar-refractivity contribution >= 4 is 5.91 Å². The fourth-order valence-corrected chi connectivity index (χ4v) is 3.17. The van der Waals surface area contributed by atoms with Crippen LogP contribution in [0.4, 0.5) is 0 Å². The summed E-state index contributed by atoms with van der Waals surface area (Å²) in [5.74, 6) is 0.640. The monoisotopic (exact) mass is 344 g/mol. The first-order chi connectivity index (χ1) is 12.1. The zero-order chi connectivity index (χ0) is 17.8. The Hall–Kier alpha value is -2.41. The Morgan fingerprint density at radius 3 is 3.00 bits per heavy atom. The van der Waals surface area contributed by atoms with Gasteiger partial charge in [0.25, 0.3) is 5.56 Å². The van der Waals surface area contributed by atoms with Gasteiger partial charge < -0.3 is 19.2 Å². The molecule has 134 valence electrons. The summed E-state index contributed by atoms with van der Waals surface area (Å²) in [4.78, 5) is 28.8. The van der Waals surface area contributed by atoms with E-state index in [9.17, 15) is 9.59 Å². The highest BCUT2D eigenvalue weighted by Gasteiger charge is 2.31. The Bertz CT molecular complexity index is 796. The van der Waals surface area contributed by atoms with Crippen molar-refractivity contribution in [1.82, 2.24) is 19.4 Å². The molecule has 0 radical (unpaired) electrons. The van der Waals surface area contributed by atoms with Gasteiger partial charge in [-0.25, -0.2) is 4.98 Å². The Kier molecular flexibility index (Phi) is 5.33. The highest BCUT2D eigenvalue weighted by Crippen LogP contribution is 2.27. The van der Waals surface area contributed by atoms with Crippen LogP contribution in [0.2, 0.25) is 0 Å². The van der Waals surface area contributed by atoms with E-state index in [1.54, 1.807) is 12.4 Å². The van der Waals surface area contributed by atoms with Crippen molar-refractivity contribution in [2.24, 2.45) is 0 Å². The summed E-state index contributed by atoms with van der Waals surface area (Å²) in [5, 5.41) is 3.02. The average molecular weight is 344 g/mol. The molecule has 7 nitrogen and oxygen atoms in total. The lowest BCUT2D eigenvalue weighted by Gasteiger charge is -2.32. The molecule has 1 amide bonds. The minimum absolute atomic E-state index is 0.00452. The van der Waals surface area contributed by atoms with Gasteiger partial charge in [-0.3, -0.25) is 9.59 Å². The number of hydrogen-bond acceptors (Lipinski definition) is 4. The van der Waals surface area contributed by atoms with Crippen molar-refractivity contribution < 1.29 is 9.53 Å². The predicted octanol–water partition coefficient (Wildman–Crippen LogP) is 1.41. The van der Waals surface area contributed by atoms with Crippen LogP contribution in [0.3, 0.4) is 0 Å². The molecule has 2 aromatic rings. The fraction of sp³-hybridized carbons (Fsp3) is 0.500. The van der Waals surface area contributed by atoms with E-state index in [-0.39, 0.29) is 30.2 Å². The van der Waals surface area contributed by atoms with Crippen LogP contribution in [-0.2, 0) is 22.6 Å². The van der Waals surface area contributed by atoms with Gasteiger partial charge in [0, 0.05) is 37.8 Å². The number of hydrogen-bond donors (Lipinski definition) is 1. The Morgan fingerprint density at radius 2 is 2.24 bits per heavy atom. The molecule has 25 heavy (non-hydrogen) atoms. The van der Waals surface area contributed by atoms with Gasteiger partial charge in [-0.05, 0) is 38.3 Å². The molecule has 1 aliphatic heterocycles. The number of imidazole rings is 1. The van der Waals surface area contributed by atoms with Gasteiger partial charge in [-0.2, -0.15) is 0 Å². The molecule has 1 saturated heterocycles. The third-order valence-electron chi connectivity index (χ3n) is 4.48. The molecule has 7 heteroatoms. The van der Waals surface area contributed by atoms with Crippen LogP contribution in [0.5, 0.6) is 0 Å². The number of aromatic nitrogens is 3. The van der Waals surface area contributed by atoms with Crippen molar-refractivity contribution in [2.75, 3.05) is 6.61 Å². The van der Waals surface area contributed by atoms with Crippen molar-refractivity contribution in [1.29, 1.82) is 0 Å². The SMILES string of the molecule is CCn1ccnc1[C@@H]1OCCC[C@H]1NC(=O)Cn1ccc(C)cc1=O. The van der Waals surface area contributed by atoms with Crippen LogP contribution in [0.1, 0.15) is 37.3 Å². The molecule has 3 rings (SSSR count). The number of nitrogens with zero attached hydrogens (tertiary/aromatic N) is 3. The number of aryl methyl sites for hydroxylation is 2. The average Bonchev–Trinajstić information content (AvgIpc) is 3.06. The van der Waals surface area contributed by atoms with E-state index < -0.39 is 0 Å². The molecular weight excluding hydrogens is 320 g/mol. The number of carbonyl (C=O) groups excluding carboxylic acids is 1. The lowest BCUT2D eigenvalue weighted by molar-refractivity contribution is -0.125. The molecular formula is C18H24N4O3. The molecule has 0 aliphatic carbocycles. The molecule has 0 bridgehead atoms. The van der Waals surface area contributed by atoms with Gasteiger partial charge in [-0.1, -0.05) is 0 Å². The van der Waals surface area contributed by atoms with Crippen LogP contribution >= 0.6 is 0 Å². The number of nitrogens with one attached hydrogen (secondary N) is 1. The highest BCUT2D eigenvalue weighted by molar-refractivity contribution is 5.76. The molecule has 0 aromatic carbocycles. The van der Waals surface area contributed by atoms with Crippen molar-refractivity contribution in [3.63, 3.8) is 0 Å². The molecule has 2 aromatic heterocycles. The molecule has 0 saturated carbocycles. The van der Waals surface area contributed by atoms with Gasteiger partial charge in [0.05, 0.1) is 6.04 Å². The second-order valence-electron chi connectivity index (χ2n) is 6.35. The molecule has 2 atom stereocenters. The first-order valence-corrected chi connectivity index (χ1v) is 8.67. The van der Waals surface area contributed by atoms with Crippen LogP contribution in [0, 0.1) is 6.92 Å². The summed E-state index contributed by atoms with van der Waals surface area (Å²) < 4.78 is 9.34. The van der Waals surface area contributed by atoms with Crippen LogP contribution < -0.4 is 10.9 Å². The maximum Gasteiger partial charge on any atom is 0.251 e. The van der Waals surface area contributed by atoms with Crippen LogP contribution in [0.15, 0.2) is 35.5 Å². The molecule has 3 heterocycles. The first kappa shape index (κ1) is 17.4. The van der Waals surface area contributed by atoms with Gasteiger partial charge in [0.15, 0.2) is 0 Å². The third kappa shape index (κ3) is 3.99. The molecule has 1 aliphatic rings. The summed E-state index contributed by atoms with van der Waals surface area (Å²) in [6, 6.07) is 3.20. The predicted molar refractivity (Wildman–Crippen MR) is 93.2 cm³/mol. The topological polar surface area (TPSA) is 78.2 Å². The lowest BCUT2D eigenvalue weighted by atomic mass is 10.0. The smallest absolute Gasteiger partial charge is 0.251 e. The summed E-state index contributed by atoms with van der Waals surface area (Å²) >= 11 is 0. The van der Waals surface area contributed by atoms with Gasteiger partial charge in [0.2, 0.25) is 5.91 Å². The summed E-state index contributed by atoms with van der Waals surface area (Å²) in [6.07, 6.45) is 6.77. The van der Waals surface area contributed by atoms with E-state index in [1.165, 1.54) is 10.6 Å². The van der Waals surface area contributed by atoms with E-state index >= 15 is 0 Å². The molecule has 1 N–H and O–H groups in total. The second-order valence-corrected chi connectivity index (χ2v) is 6.35. The van der Waals surface area contributed by atoms with Gasteiger partial charge in [0.1, 0.15) is 18.5 Å². The van der Waals surface area contributed by atoms with E-state index in [1.807, 2.05) is 30.7 Å². The number of rotatable bonds is 5. The van der Waals surface area contributed by atoms with Crippen LogP contribution in [-0.4, -0.2) is 32.7 Å². The minimum atomic E-state index is -0.262. The number of carbonyl (C=O) groups is 1. The minimum Gasteiger partial charge on any atom is -0.368 e. The zero-order valence-electron chi connectivity index (χ0n) is 14.6. The quantitative estimate of drug-likeness (QED) is 0.889. The first-order valence-electron chi connectivity index (χ1n) is 8.67. The number of pyridine rings is 1. The third-order valence-corrected chi connectivity index (χ3v) is 4.48. The fourth-order valence-electron chi connectivity index (χ4n) is 3.17. The van der Waals surface area contributed by atoms with Gasteiger partial charge in [-0.15, -0.1) is 0 Å². The highest BCUT2D eigenvalue weighted by atomic mass is 16.5. The number of amides is 1. The van der Waals surface area contributed by atoms with Crippen LogP contribution in [0.25, 0.3) is 0 Å². The van der Waals surface area contributed by atoms with E-state index in [0.29, 0.717) is 6.61 Å². The van der Waals surface area contributed by atoms with E-state index in [4.69, 9.17) is 4.74 Å². The standard InChI is InChI=1S/C18H24N4O3/c1-3-21-9-7-19-18(21)17-14(5-4-10-25-17)20-15(23)12-22-8-6-13(2)11-16(22)24/h6-9,11,14,17H,3-5,10,12H2,1-2H3,(H,20,23)/t14-,17-/m1/s1.